The van der Waals surface area contributed by atoms with Crippen LogP contribution in [-0.4, -0.2) is 17.7 Å². The molecule has 0 bridgehead atoms. The molecule has 0 saturated heterocycles. The van der Waals surface area contributed by atoms with Crippen LogP contribution in [0.5, 0.6) is 0 Å². The van der Waals surface area contributed by atoms with Gasteiger partial charge in [0.1, 0.15) is 0 Å². The van der Waals surface area contributed by atoms with E-state index in [9.17, 15) is 4.79 Å². The van der Waals surface area contributed by atoms with Crippen molar-refractivity contribution >= 4 is 6.09 Å². The summed E-state index contributed by atoms with van der Waals surface area (Å²) in [4.78, 5) is 14.0. The second-order valence-corrected chi connectivity index (χ2v) is 2.27. The van der Waals surface area contributed by atoms with Crippen molar-refractivity contribution in [3.8, 4) is 0 Å². The molecule has 1 heterocycles. The average molecular weight is 166 g/mol. The van der Waals surface area contributed by atoms with Crippen LogP contribution in [-0.2, 0) is 11.2 Å². The molecule has 0 aliphatic heterocycles. The Morgan fingerprint density at radius 1 is 1.50 bits per heavy atom. The maximum Gasteiger partial charge on any atom is 0.404 e. The summed E-state index contributed by atoms with van der Waals surface area (Å²) in [5, 5.41) is 0. The Morgan fingerprint density at radius 2 is 2.17 bits per heavy atom. The second kappa shape index (κ2) is 4.33. The van der Waals surface area contributed by atoms with Crippen molar-refractivity contribution in [3.05, 3.63) is 30.1 Å². The summed E-state index contributed by atoms with van der Waals surface area (Å²) in [6.07, 6.45) is 3.33. The van der Waals surface area contributed by atoms with E-state index >= 15 is 0 Å². The summed E-state index contributed by atoms with van der Waals surface area (Å²) in [6, 6.07) is 3.73. The number of amides is 1. The number of ether oxygens (including phenoxy) is 1. The van der Waals surface area contributed by atoms with E-state index < -0.39 is 6.09 Å². The van der Waals surface area contributed by atoms with Gasteiger partial charge >= 0.3 is 6.09 Å². The van der Waals surface area contributed by atoms with Crippen LogP contribution in [0.1, 0.15) is 5.56 Å². The fourth-order valence-electron chi connectivity index (χ4n) is 0.819. The molecule has 4 nitrogen and oxygen atoms in total. The zero-order valence-corrected chi connectivity index (χ0v) is 6.56. The Kier molecular flexibility index (Phi) is 3.07. The van der Waals surface area contributed by atoms with Crippen molar-refractivity contribution in [2.24, 2.45) is 5.73 Å². The Morgan fingerprint density at radius 3 is 2.75 bits per heavy atom. The standard InChI is InChI=1S/C8H10N2O2/c9-8(11)12-6-3-7-1-4-10-5-2-7/h1-2,4-5H,3,6H2,(H2,9,11). The molecule has 0 unspecified atom stereocenters. The van der Waals surface area contributed by atoms with E-state index in [-0.39, 0.29) is 0 Å². The van der Waals surface area contributed by atoms with Gasteiger partial charge < -0.3 is 10.5 Å². The maximum atomic E-state index is 10.2. The lowest BCUT2D eigenvalue weighted by molar-refractivity contribution is 0.158. The Balaban J connectivity index is 2.29. The SMILES string of the molecule is NC(=O)OCCc1ccncc1. The van der Waals surface area contributed by atoms with E-state index in [2.05, 4.69) is 9.72 Å². The lowest BCUT2D eigenvalue weighted by Gasteiger charge is -2.00. The fourth-order valence-corrected chi connectivity index (χ4v) is 0.819. The van der Waals surface area contributed by atoms with Gasteiger partial charge in [-0.1, -0.05) is 0 Å². The van der Waals surface area contributed by atoms with E-state index in [4.69, 9.17) is 5.73 Å². The molecule has 1 amide bonds. The Labute approximate surface area is 70.4 Å². The number of primary amides is 1. The van der Waals surface area contributed by atoms with Crippen LogP contribution in [0.15, 0.2) is 24.5 Å². The van der Waals surface area contributed by atoms with Crippen LogP contribution in [0.3, 0.4) is 0 Å². The third-order valence-electron chi connectivity index (χ3n) is 1.38. The van der Waals surface area contributed by atoms with Crippen molar-refractivity contribution in [3.63, 3.8) is 0 Å². The Bertz CT molecular complexity index is 248. The molecule has 0 saturated carbocycles. The van der Waals surface area contributed by atoms with Crippen LogP contribution >= 0.6 is 0 Å². The molecule has 1 aromatic heterocycles. The first-order valence-electron chi connectivity index (χ1n) is 3.60. The van der Waals surface area contributed by atoms with Crippen molar-refractivity contribution < 1.29 is 9.53 Å². The van der Waals surface area contributed by atoms with Crippen LogP contribution in [0.2, 0.25) is 0 Å². The molecule has 64 valence electrons. The third-order valence-corrected chi connectivity index (χ3v) is 1.38. The number of nitrogens with two attached hydrogens (primary N) is 1. The van der Waals surface area contributed by atoms with E-state index in [0.717, 1.165) is 5.56 Å². The van der Waals surface area contributed by atoms with Crippen LogP contribution in [0.4, 0.5) is 4.79 Å². The van der Waals surface area contributed by atoms with Gasteiger partial charge in [0.25, 0.3) is 0 Å². The monoisotopic (exact) mass is 166 g/mol. The van der Waals surface area contributed by atoms with Gasteiger partial charge in [-0.3, -0.25) is 4.98 Å². The molecule has 0 radical (unpaired) electrons. The smallest absolute Gasteiger partial charge is 0.404 e. The number of hydrogen-bond donors (Lipinski definition) is 1. The topological polar surface area (TPSA) is 65.2 Å². The molecule has 1 aromatic rings. The van der Waals surface area contributed by atoms with E-state index in [1.54, 1.807) is 12.4 Å². The van der Waals surface area contributed by atoms with Gasteiger partial charge in [-0.25, -0.2) is 4.79 Å². The van der Waals surface area contributed by atoms with Crippen LogP contribution in [0.25, 0.3) is 0 Å². The summed E-state index contributed by atoms with van der Waals surface area (Å²) in [5.74, 6) is 0. The Hall–Kier alpha value is -1.58. The summed E-state index contributed by atoms with van der Waals surface area (Å²) in [5.41, 5.74) is 5.86. The van der Waals surface area contributed by atoms with Gasteiger partial charge in [0, 0.05) is 18.8 Å². The van der Waals surface area contributed by atoms with Crippen LogP contribution in [0, 0.1) is 0 Å². The molecular weight excluding hydrogens is 156 g/mol. The van der Waals surface area contributed by atoms with E-state index in [0.29, 0.717) is 13.0 Å². The van der Waals surface area contributed by atoms with Gasteiger partial charge in [0.15, 0.2) is 0 Å². The van der Waals surface area contributed by atoms with Crippen molar-refractivity contribution in [1.29, 1.82) is 0 Å². The molecular formula is C8H10N2O2. The van der Waals surface area contributed by atoms with Gasteiger partial charge in [-0.05, 0) is 17.7 Å². The van der Waals surface area contributed by atoms with Crippen molar-refractivity contribution in [1.82, 2.24) is 4.98 Å². The highest BCUT2D eigenvalue weighted by atomic mass is 16.5. The van der Waals surface area contributed by atoms with Gasteiger partial charge in [-0.15, -0.1) is 0 Å². The summed E-state index contributed by atoms with van der Waals surface area (Å²) in [7, 11) is 0. The molecule has 0 spiro atoms. The highest BCUT2D eigenvalue weighted by Crippen LogP contribution is 1.97. The minimum absolute atomic E-state index is 0.319. The third kappa shape index (κ3) is 3.01. The van der Waals surface area contributed by atoms with Crippen molar-refractivity contribution in [2.45, 2.75) is 6.42 Å². The number of carbonyl (C=O) groups excluding carboxylic acids is 1. The minimum Gasteiger partial charge on any atom is -0.449 e. The number of nitrogens with zero attached hydrogens (tertiary/aromatic N) is 1. The molecule has 12 heavy (non-hydrogen) atoms. The zero-order chi connectivity index (χ0) is 8.81. The van der Waals surface area contributed by atoms with Gasteiger partial charge in [-0.2, -0.15) is 0 Å². The second-order valence-electron chi connectivity index (χ2n) is 2.27. The number of rotatable bonds is 3. The quantitative estimate of drug-likeness (QED) is 0.719. The highest BCUT2D eigenvalue weighted by molar-refractivity contribution is 5.64. The molecule has 0 fully saturated rings. The van der Waals surface area contributed by atoms with E-state index in [1.807, 2.05) is 12.1 Å². The van der Waals surface area contributed by atoms with Crippen LogP contribution < -0.4 is 5.73 Å². The largest absolute Gasteiger partial charge is 0.449 e. The predicted molar refractivity (Wildman–Crippen MR) is 43.5 cm³/mol. The fraction of sp³-hybridized carbons (Fsp3) is 0.250. The first-order valence-corrected chi connectivity index (χ1v) is 3.60. The first kappa shape index (κ1) is 8.52. The molecule has 0 aromatic carbocycles. The number of carbonyl (C=O) groups is 1. The molecule has 0 atom stereocenters. The highest BCUT2D eigenvalue weighted by Gasteiger charge is 1.94. The average Bonchev–Trinajstić information content (AvgIpc) is 2.05. The molecule has 2 N–H and O–H groups in total. The first-order chi connectivity index (χ1) is 5.79. The van der Waals surface area contributed by atoms with Gasteiger partial charge in [0.2, 0.25) is 0 Å². The zero-order valence-electron chi connectivity index (χ0n) is 6.56. The summed E-state index contributed by atoms with van der Waals surface area (Å²) >= 11 is 0. The number of aromatic nitrogens is 1. The summed E-state index contributed by atoms with van der Waals surface area (Å²) < 4.78 is 4.56. The molecule has 0 aliphatic carbocycles. The molecule has 4 heteroatoms. The van der Waals surface area contributed by atoms with Crippen molar-refractivity contribution in [2.75, 3.05) is 6.61 Å². The molecule has 1 rings (SSSR count). The summed E-state index contributed by atoms with van der Waals surface area (Å²) in [6.45, 7) is 0.319. The lowest BCUT2D eigenvalue weighted by Crippen LogP contribution is -2.14. The maximum absolute atomic E-state index is 10.2. The van der Waals surface area contributed by atoms with E-state index in [1.165, 1.54) is 0 Å². The number of hydrogen-bond acceptors (Lipinski definition) is 3. The molecule has 0 aliphatic rings. The normalized spacial score (nSPS) is 9.33. The minimum atomic E-state index is -0.732. The lowest BCUT2D eigenvalue weighted by atomic mass is 10.2. The van der Waals surface area contributed by atoms with Gasteiger partial charge in [0.05, 0.1) is 6.61 Å². The predicted octanol–water partition coefficient (Wildman–Crippen LogP) is 0.719. The number of pyridine rings is 1.